The van der Waals surface area contributed by atoms with Crippen LogP contribution in [0.3, 0.4) is 0 Å². The molecular weight excluding hydrogens is 390 g/mol. The summed E-state index contributed by atoms with van der Waals surface area (Å²) in [6.45, 7) is 5.40. The molecule has 3 aliphatic carbocycles. The van der Waals surface area contributed by atoms with Crippen molar-refractivity contribution in [1.82, 2.24) is 0 Å². The number of benzene rings is 1. The van der Waals surface area contributed by atoms with Crippen LogP contribution in [-0.4, -0.2) is 43.5 Å². The van der Waals surface area contributed by atoms with Gasteiger partial charge in [-0.2, -0.15) is 0 Å². The van der Waals surface area contributed by atoms with Crippen LogP contribution in [0.2, 0.25) is 0 Å². The summed E-state index contributed by atoms with van der Waals surface area (Å²) in [7, 11) is 0. The third-order valence-electron chi connectivity index (χ3n) is 7.13. The number of hydrogen-bond acceptors (Lipinski definition) is 7. The molecule has 1 aromatic carbocycles. The van der Waals surface area contributed by atoms with Gasteiger partial charge in [0.25, 0.3) is 5.91 Å². The molecule has 0 radical (unpaired) electrons. The quantitative estimate of drug-likeness (QED) is 0.436. The number of fused-ring (bicyclic) bond motifs is 3. The van der Waals surface area contributed by atoms with Gasteiger partial charge in [0.2, 0.25) is 5.78 Å². The van der Waals surface area contributed by atoms with E-state index in [1.165, 1.54) is 0 Å². The van der Waals surface area contributed by atoms with Gasteiger partial charge in [-0.1, -0.05) is 0 Å². The van der Waals surface area contributed by atoms with Gasteiger partial charge in [-0.25, -0.2) is 0 Å². The number of nitrogens with two attached hydrogens (primary N) is 1. The highest BCUT2D eigenvalue weighted by atomic mass is 16.3. The highest BCUT2D eigenvalue weighted by Gasteiger charge is 2.59. The Morgan fingerprint density at radius 3 is 2.27 bits per heavy atom. The lowest BCUT2D eigenvalue weighted by Gasteiger charge is -2.45. The molecule has 1 aromatic rings. The van der Waals surface area contributed by atoms with Crippen molar-refractivity contribution in [2.24, 2.45) is 17.6 Å². The lowest BCUT2D eigenvalue weighted by atomic mass is 9.60. The van der Waals surface area contributed by atoms with Gasteiger partial charge in [0, 0.05) is 17.9 Å². The van der Waals surface area contributed by atoms with Crippen LogP contribution in [0.25, 0.3) is 0 Å². The van der Waals surface area contributed by atoms with Gasteiger partial charge in [-0.15, -0.1) is 0 Å². The number of carbonyl (C=O) groups is 3. The fourth-order valence-electron chi connectivity index (χ4n) is 5.22. The molecule has 3 aliphatic rings. The molecule has 8 heteroatoms. The van der Waals surface area contributed by atoms with Crippen molar-refractivity contribution < 1.29 is 34.8 Å². The first-order valence-corrected chi connectivity index (χ1v) is 9.71. The summed E-state index contributed by atoms with van der Waals surface area (Å²) in [4.78, 5) is 37.9. The number of primary amides is 1. The second-order valence-electron chi connectivity index (χ2n) is 8.49. The van der Waals surface area contributed by atoms with Crippen LogP contribution in [0.5, 0.6) is 5.75 Å². The van der Waals surface area contributed by atoms with Gasteiger partial charge in [-0.05, 0) is 61.8 Å². The van der Waals surface area contributed by atoms with E-state index in [4.69, 9.17) is 5.73 Å². The Hall–Kier alpha value is -3.13. The average Bonchev–Trinajstić information content (AvgIpc) is 2.67. The molecule has 0 heterocycles. The molecular formula is C22H23NO7. The summed E-state index contributed by atoms with van der Waals surface area (Å²) in [5.41, 5.74) is 4.75. The predicted octanol–water partition coefficient (Wildman–Crippen LogP) is 1.51. The van der Waals surface area contributed by atoms with Crippen LogP contribution in [0.1, 0.15) is 45.5 Å². The van der Waals surface area contributed by atoms with E-state index >= 15 is 0 Å². The van der Waals surface area contributed by atoms with Gasteiger partial charge < -0.3 is 26.2 Å². The summed E-state index contributed by atoms with van der Waals surface area (Å²) in [6, 6.07) is 0. The molecule has 1 amide bonds. The molecule has 0 aromatic heterocycles. The molecule has 0 aliphatic heterocycles. The zero-order valence-electron chi connectivity index (χ0n) is 16.9. The Morgan fingerprint density at radius 2 is 1.67 bits per heavy atom. The smallest absolute Gasteiger partial charge is 0.255 e. The zero-order valence-corrected chi connectivity index (χ0v) is 16.9. The fourth-order valence-corrected chi connectivity index (χ4v) is 5.22. The van der Waals surface area contributed by atoms with E-state index in [0.717, 1.165) is 11.1 Å². The number of Topliss-reactive ketones (excluding diaryl/α,β-unsaturated/α-hetero) is 2. The van der Waals surface area contributed by atoms with E-state index in [0.29, 0.717) is 17.5 Å². The van der Waals surface area contributed by atoms with E-state index in [2.05, 4.69) is 0 Å². The first kappa shape index (κ1) is 20.2. The number of aromatic hydroxyl groups is 1. The Kier molecular flexibility index (Phi) is 4.15. The van der Waals surface area contributed by atoms with Gasteiger partial charge >= 0.3 is 0 Å². The maximum atomic E-state index is 13.3. The highest BCUT2D eigenvalue weighted by molar-refractivity contribution is 6.24. The molecule has 0 saturated heterocycles. The van der Waals surface area contributed by atoms with Gasteiger partial charge in [0.15, 0.2) is 11.4 Å². The lowest BCUT2D eigenvalue weighted by Crippen LogP contribution is -2.57. The van der Waals surface area contributed by atoms with Crippen molar-refractivity contribution in [1.29, 1.82) is 0 Å². The van der Waals surface area contributed by atoms with Crippen LogP contribution < -0.4 is 5.73 Å². The number of hydrogen-bond donors (Lipinski definition) is 5. The molecule has 0 fully saturated rings. The van der Waals surface area contributed by atoms with E-state index < -0.39 is 52.0 Å². The first-order valence-electron chi connectivity index (χ1n) is 9.71. The Bertz CT molecular complexity index is 1130. The highest BCUT2D eigenvalue weighted by Crippen LogP contribution is 2.52. The summed E-state index contributed by atoms with van der Waals surface area (Å²) in [5.74, 6) is -6.05. The van der Waals surface area contributed by atoms with Gasteiger partial charge in [0.05, 0.1) is 5.56 Å². The molecule has 4 rings (SSSR count). The molecule has 0 unspecified atom stereocenters. The summed E-state index contributed by atoms with van der Waals surface area (Å²) < 4.78 is 0. The number of phenolic OH excluding ortho intramolecular Hbond substituents is 1. The zero-order chi connectivity index (χ0) is 22.3. The Balaban J connectivity index is 1.95. The number of amides is 1. The number of aliphatic hydroxyl groups is 3. The van der Waals surface area contributed by atoms with E-state index in [1.807, 2.05) is 13.8 Å². The SMILES string of the molecule is Cc1c(C)c(O)c2c(c1C)C[C@H]1C[C@H]3CC(O)=C(C(N)=O)C(=O)[C@@]3(O)C(O)=C1C2=O. The molecule has 6 N–H and O–H groups in total. The number of rotatable bonds is 1. The molecule has 0 bridgehead atoms. The van der Waals surface area contributed by atoms with Crippen LogP contribution in [0.15, 0.2) is 22.7 Å². The molecule has 0 saturated carbocycles. The molecule has 3 atom stereocenters. The van der Waals surface area contributed by atoms with E-state index in [9.17, 15) is 34.8 Å². The van der Waals surface area contributed by atoms with Crippen LogP contribution in [0.4, 0.5) is 0 Å². The average molecular weight is 413 g/mol. The van der Waals surface area contributed by atoms with Gasteiger partial charge in [0.1, 0.15) is 22.8 Å². The Labute approximate surface area is 172 Å². The summed E-state index contributed by atoms with van der Waals surface area (Å²) in [6.07, 6.45) is 0.234. The second kappa shape index (κ2) is 6.18. The minimum atomic E-state index is -2.53. The standard InChI is InChI=1S/C22H23NO7/c1-7-8(2)12-5-10-4-11-6-13(24)16(21(23)29)20(28)22(11,30)19(27)14(10)18(26)15(12)17(25)9(7)3/h10-11,24-25,27,30H,4-6H2,1-3H3,(H2,23,29)/t10-,11+,22+/m1/s1. The van der Waals surface area contributed by atoms with Crippen molar-refractivity contribution in [2.75, 3.05) is 0 Å². The minimum absolute atomic E-state index is 0.0622. The number of phenols is 1. The number of ketones is 2. The minimum Gasteiger partial charge on any atom is -0.511 e. The topological polar surface area (TPSA) is 158 Å². The normalized spacial score (nSPS) is 28.3. The maximum absolute atomic E-state index is 13.3. The maximum Gasteiger partial charge on any atom is 0.255 e. The van der Waals surface area contributed by atoms with E-state index in [-0.39, 0.29) is 29.7 Å². The largest absolute Gasteiger partial charge is 0.511 e. The summed E-state index contributed by atoms with van der Waals surface area (Å²) in [5, 5.41) is 42.9. The van der Waals surface area contributed by atoms with E-state index in [1.54, 1.807) is 6.92 Å². The number of allylic oxidation sites excluding steroid dienone is 2. The summed E-state index contributed by atoms with van der Waals surface area (Å²) >= 11 is 0. The molecule has 158 valence electrons. The Morgan fingerprint density at radius 1 is 1.03 bits per heavy atom. The van der Waals surface area contributed by atoms with Crippen molar-refractivity contribution in [2.45, 2.75) is 45.6 Å². The van der Waals surface area contributed by atoms with Crippen molar-refractivity contribution >= 4 is 17.5 Å². The molecule has 8 nitrogen and oxygen atoms in total. The predicted molar refractivity (Wildman–Crippen MR) is 105 cm³/mol. The van der Waals surface area contributed by atoms with Crippen molar-refractivity contribution in [3.05, 3.63) is 50.5 Å². The van der Waals surface area contributed by atoms with Crippen LogP contribution in [0, 0.1) is 32.6 Å². The van der Waals surface area contributed by atoms with Gasteiger partial charge in [-0.3, -0.25) is 14.4 Å². The third kappa shape index (κ3) is 2.28. The third-order valence-corrected chi connectivity index (χ3v) is 7.13. The fraction of sp³-hybridized carbons (Fsp3) is 0.409. The molecule has 0 spiro atoms. The van der Waals surface area contributed by atoms with Crippen molar-refractivity contribution in [3.8, 4) is 5.75 Å². The second-order valence-corrected chi connectivity index (χ2v) is 8.49. The van der Waals surface area contributed by atoms with Crippen LogP contribution in [-0.2, 0) is 16.0 Å². The molecule has 30 heavy (non-hydrogen) atoms. The number of carbonyl (C=O) groups excluding carboxylic acids is 3. The first-order chi connectivity index (χ1) is 13.9. The van der Waals surface area contributed by atoms with Crippen LogP contribution >= 0.6 is 0 Å². The monoisotopic (exact) mass is 413 g/mol. The lowest BCUT2D eigenvalue weighted by molar-refractivity contribution is -0.144. The number of aliphatic hydroxyl groups excluding tert-OH is 2. The van der Waals surface area contributed by atoms with Crippen molar-refractivity contribution in [3.63, 3.8) is 0 Å².